The zero-order valence-electron chi connectivity index (χ0n) is 11.9. The van der Waals surface area contributed by atoms with Gasteiger partial charge in [-0.25, -0.2) is 17.9 Å². The molecule has 0 bridgehead atoms. The number of nitrogens with one attached hydrogen (secondary N) is 1. The molecule has 1 heterocycles. The molecule has 118 valence electrons. The van der Waals surface area contributed by atoms with Gasteiger partial charge in [0.15, 0.2) is 0 Å². The quantitative estimate of drug-likeness (QED) is 0.668. The number of methoxy groups -OCH3 is 1. The summed E-state index contributed by atoms with van der Waals surface area (Å²) in [6.07, 6.45) is 4.63. The molecule has 0 atom stereocenters. The number of nitrogens with zero attached hydrogens (tertiary/aromatic N) is 1. The predicted molar refractivity (Wildman–Crippen MR) is 76.0 cm³/mol. The number of hydrogen-bond donors (Lipinski definition) is 2. The minimum Gasteiger partial charge on any atom is -0.477 e. The van der Waals surface area contributed by atoms with Gasteiger partial charge in [0.1, 0.15) is 10.6 Å². The van der Waals surface area contributed by atoms with Crippen molar-refractivity contribution in [2.75, 3.05) is 20.3 Å². The van der Waals surface area contributed by atoms with Crippen LogP contribution in [-0.2, 0) is 14.8 Å². The lowest BCUT2D eigenvalue weighted by atomic mass is 10.3. The Kier molecular flexibility index (Phi) is 5.02. The Hall–Kier alpha value is -1.38. The van der Waals surface area contributed by atoms with E-state index in [0.717, 1.165) is 19.3 Å². The number of rotatable bonds is 9. The molecule has 1 aromatic rings. The van der Waals surface area contributed by atoms with E-state index in [4.69, 9.17) is 9.84 Å². The molecule has 7 nitrogen and oxygen atoms in total. The maximum atomic E-state index is 12.1. The maximum absolute atomic E-state index is 12.1. The van der Waals surface area contributed by atoms with Crippen LogP contribution in [0, 0.1) is 0 Å². The fourth-order valence-corrected chi connectivity index (χ4v) is 3.19. The van der Waals surface area contributed by atoms with Gasteiger partial charge in [-0.1, -0.05) is 0 Å². The SMILES string of the molecule is COCCCCNS(=O)(=O)c1cc(C(=O)O)n(C2CC2)c1. The summed E-state index contributed by atoms with van der Waals surface area (Å²) in [5.74, 6) is -1.11. The van der Waals surface area contributed by atoms with Crippen molar-refractivity contribution in [3.8, 4) is 0 Å². The van der Waals surface area contributed by atoms with Gasteiger partial charge >= 0.3 is 5.97 Å². The molecule has 0 aliphatic heterocycles. The molecule has 2 N–H and O–H groups in total. The molecule has 0 saturated heterocycles. The van der Waals surface area contributed by atoms with Gasteiger partial charge in [-0.15, -0.1) is 0 Å². The lowest BCUT2D eigenvalue weighted by Crippen LogP contribution is -2.24. The summed E-state index contributed by atoms with van der Waals surface area (Å²) in [5.41, 5.74) is 0.0252. The highest BCUT2D eigenvalue weighted by atomic mass is 32.2. The van der Waals surface area contributed by atoms with Gasteiger partial charge in [0, 0.05) is 32.5 Å². The number of ether oxygens (including phenoxy) is 1. The summed E-state index contributed by atoms with van der Waals surface area (Å²) in [4.78, 5) is 11.2. The molecule has 1 fully saturated rings. The zero-order chi connectivity index (χ0) is 15.5. The van der Waals surface area contributed by atoms with E-state index in [0.29, 0.717) is 19.6 Å². The monoisotopic (exact) mass is 316 g/mol. The average molecular weight is 316 g/mol. The van der Waals surface area contributed by atoms with Crippen LogP contribution in [0.1, 0.15) is 42.2 Å². The molecule has 0 unspecified atom stereocenters. The third kappa shape index (κ3) is 4.05. The van der Waals surface area contributed by atoms with E-state index >= 15 is 0 Å². The van der Waals surface area contributed by atoms with E-state index < -0.39 is 16.0 Å². The number of unbranched alkanes of at least 4 members (excludes halogenated alkanes) is 1. The van der Waals surface area contributed by atoms with Gasteiger partial charge in [0.25, 0.3) is 0 Å². The third-order valence-electron chi connectivity index (χ3n) is 3.36. The van der Waals surface area contributed by atoms with Crippen molar-refractivity contribution in [2.24, 2.45) is 0 Å². The van der Waals surface area contributed by atoms with Crippen LogP contribution < -0.4 is 4.72 Å². The average Bonchev–Trinajstić information content (AvgIpc) is 3.16. The molecule has 0 spiro atoms. The second-order valence-corrected chi connectivity index (χ2v) is 6.87. The third-order valence-corrected chi connectivity index (χ3v) is 4.79. The molecule has 0 aromatic carbocycles. The van der Waals surface area contributed by atoms with Crippen molar-refractivity contribution in [1.82, 2.24) is 9.29 Å². The van der Waals surface area contributed by atoms with Crippen LogP contribution in [-0.4, -0.2) is 44.3 Å². The molecule has 1 aromatic heterocycles. The Balaban J connectivity index is 2.05. The second-order valence-electron chi connectivity index (χ2n) is 5.10. The summed E-state index contributed by atoms with van der Waals surface area (Å²) < 4.78 is 33.2. The maximum Gasteiger partial charge on any atom is 0.352 e. The number of aromatic carboxylic acids is 1. The Labute approximate surface area is 124 Å². The fraction of sp³-hybridized carbons (Fsp3) is 0.615. The number of aromatic nitrogens is 1. The number of sulfonamides is 1. The molecule has 8 heteroatoms. The number of carbonyl (C=O) groups is 1. The molecule has 1 aliphatic carbocycles. The van der Waals surface area contributed by atoms with Crippen LogP contribution >= 0.6 is 0 Å². The standard InChI is InChI=1S/C13H20N2O5S/c1-20-7-3-2-6-14-21(18,19)11-8-12(13(16)17)15(9-11)10-4-5-10/h8-10,14H,2-7H2,1H3,(H,16,17). The van der Waals surface area contributed by atoms with Crippen LogP contribution in [0.2, 0.25) is 0 Å². The van der Waals surface area contributed by atoms with Gasteiger partial charge in [0.05, 0.1) is 0 Å². The van der Waals surface area contributed by atoms with Gasteiger partial charge < -0.3 is 14.4 Å². The number of carboxylic acid groups (broad SMARTS) is 1. The molecular weight excluding hydrogens is 296 g/mol. The minimum absolute atomic E-state index is 0.0125. The highest BCUT2D eigenvalue weighted by Crippen LogP contribution is 2.37. The summed E-state index contributed by atoms with van der Waals surface area (Å²) in [5, 5.41) is 9.14. The minimum atomic E-state index is -3.66. The van der Waals surface area contributed by atoms with E-state index in [1.807, 2.05) is 0 Å². The van der Waals surface area contributed by atoms with Crippen LogP contribution in [0.15, 0.2) is 17.2 Å². The van der Waals surface area contributed by atoms with Crippen LogP contribution in [0.5, 0.6) is 0 Å². The Bertz CT molecular complexity index is 604. The van der Waals surface area contributed by atoms with Crippen LogP contribution in [0.4, 0.5) is 0 Å². The van der Waals surface area contributed by atoms with Gasteiger partial charge in [-0.05, 0) is 31.7 Å². The molecule has 1 aliphatic rings. The summed E-state index contributed by atoms with van der Waals surface area (Å²) >= 11 is 0. The molecule has 2 rings (SSSR count). The number of carboxylic acids is 1. The van der Waals surface area contributed by atoms with E-state index in [2.05, 4.69) is 4.72 Å². The molecule has 21 heavy (non-hydrogen) atoms. The van der Waals surface area contributed by atoms with Crippen molar-refractivity contribution in [3.63, 3.8) is 0 Å². The van der Waals surface area contributed by atoms with Gasteiger partial charge in [-0.2, -0.15) is 0 Å². The lowest BCUT2D eigenvalue weighted by Gasteiger charge is -2.04. The van der Waals surface area contributed by atoms with Crippen LogP contribution in [0.25, 0.3) is 0 Å². The normalized spacial score (nSPS) is 15.3. The first-order chi connectivity index (χ1) is 9.95. The highest BCUT2D eigenvalue weighted by molar-refractivity contribution is 7.89. The van der Waals surface area contributed by atoms with E-state index in [1.54, 1.807) is 11.7 Å². The van der Waals surface area contributed by atoms with Crippen molar-refractivity contribution >= 4 is 16.0 Å². The lowest BCUT2D eigenvalue weighted by molar-refractivity contribution is 0.0685. The smallest absolute Gasteiger partial charge is 0.352 e. The van der Waals surface area contributed by atoms with Crippen LogP contribution in [0.3, 0.4) is 0 Å². The molecule has 1 saturated carbocycles. The first-order valence-electron chi connectivity index (χ1n) is 6.89. The first kappa shape index (κ1) is 16.0. The molecule has 0 amide bonds. The molecular formula is C13H20N2O5S. The summed E-state index contributed by atoms with van der Waals surface area (Å²) in [6.45, 7) is 0.894. The van der Waals surface area contributed by atoms with Gasteiger partial charge in [-0.3, -0.25) is 0 Å². The summed E-state index contributed by atoms with van der Waals surface area (Å²) in [6, 6.07) is 1.33. The Morgan fingerprint density at radius 3 is 2.76 bits per heavy atom. The molecule has 0 radical (unpaired) electrons. The largest absolute Gasteiger partial charge is 0.477 e. The fourth-order valence-electron chi connectivity index (χ4n) is 2.09. The second kappa shape index (κ2) is 6.59. The van der Waals surface area contributed by atoms with E-state index in [9.17, 15) is 13.2 Å². The number of hydrogen-bond acceptors (Lipinski definition) is 4. The Morgan fingerprint density at radius 2 is 2.19 bits per heavy atom. The zero-order valence-corrected chi connectivity index (χ0v) is 12.7. The van der Waals surface area contributed by atoms with E-state index in [1.165, 1.54) is 12.3 Å². The van der Waals surface area contributed by atoms with Crippen molar-refractivity contribution in [2.45, 2.75) is 36.6 Å². The first-order valence-corrected chi connectivity index (χ1v) is 8.38. The Morgan fingerprint density at radius 1 is 1.48 bits per heavy atom. The van der Waals surface area contributed by atoms with Crippen molar-refractivity contribution < 1.29 is 23.1 Å². The topological polar surface area (TPSA) is 97.6 Å². The van der Waals surface area contributed by atoms with Gasteiger partial charge in [0.2, 0.25) is 10.0 Å². The van der Waals surface area contributed by atoms with Crippen molar-refractivity contribution in [3.05, 3.63) is 18.0 Å². The predicted octanol–water partition coefficient (Wildman–Crippen LogP) is 1.23. The van der Waals surface area contributed by atoms with Crippen molar-refractivity contribution in [1.29, 1.82) is 0 Å². The highest BCUT2D eigenvalue weighted by Gasteiger charge is 2.30. The van der Waals surface area contributed by atoms with E-state index in [-0.39, 0.29) is 16.6 Å². The summed E-state index contributed by atoms with van der Waals surface area (Å²) in [7, 11) is -2.07.